The molecule has 84 valence electrons. The second kappa shape index (κ2) is 3.92. The molecule has 1 N–H and O–H groups in total. The Morgan fingerprint density at radius 2 is 1.88 bits per heavy atom. The number of halogens is 2. The van der Waals surface area contributed by atoms with Crippen LogP contribution in [0.4, 0.5) is 4.39 Å². The molecule has 5 heteroatoms. The van der Waals surface area contributed by atoms with E-state index >= 15 is 0 Å². The van der Waals surface area contributed by atoms with Crippen LogP contribution in [0.25, 0.3) is 22.3 Å². The molecule has 2 heterocycles. The normalized spacial score (nSPS) is 10.9. The van der Waals surface area contributed by atoms with Crippen LogP contribution in [0.5, 0.6) is 0 Å². The second-order valence-electron chi connectivity index (χ2n) is 3.59. The Balaban J connectivity index is 2.29. The molecule has 0 aliphatic rings. The number of hydrogen-bond donors (Lipinski definition) is 1. The zero-order chi connectivity index (χ0) is 11.8. The highest BCUT2D eigenvalue weighted by Gasteiger charge is 2.10. The van der Waals surface area contributed by atoms with Gasteiger partial charge in [0.25, 0.3) is 0 Å². The van der Waals surface area contributed by atoms with Crippen molar-refractivity contribution in [3.05, 3.63) is 47.1 Å². The van der Waals surface area contributed by atoms with Crippen molar-refractivity contribution >= 4 is 27.0 Å². The lowest BCUT2D eigenvalue weighted by Gasteiger charge is -2.02. The average molecular weight is 292 g/mol. The first-order chi connectivity index (χ1) is 8.25. The monoisotopic (exact) mass is 291 g/mol. The van der Waals surface area contributed by atoms with Gasteiger partial charge in [-0.15, -0.1) is 0 Å². The number of fused-ring (bicyclic) bond motifs is 1. The minimum atomic E-state index is -0.257. The third kappa shape index (κ3) is 1.72. The van der Waals surface area contributed by atoms with E-state index in [2.05, 4.69) is 30.9 Å². The maximum Gasteiger partial charge on any atom is 0.142 e. The largest absolute Gasteiger partial charge is 0.345 e. The van der Waals surface area contributed by atoms with Crippen molar-refractivity contribution in [2.24, 2.45) is 0 Å². The Kier molecular flexibility index (Phi) is 2.40. The number of rotatable bonds is 1. The molecule has 0 bridgehead atoms. The Morgan fingerprint density at radius 3 is 2.65 bits per heavy atom. The molecule has 0 aliphatic carbocycles. The van der Waals surface area contributed by atoms with Gasteiger partial charge in [-0.1, -0.05) is 0 Å². The van der Waals surface area contributed by atoms with Gasteiger partial charge in [0.1, 0.15) is 17.8 Å². The lowest BCUT2D eigenvalue weighted by Crippen LogP contribution is -1.87. The van der Waals surface area contributed by atoms with E-state index in [-0.39, 0.29) is 5.82 Å². The average Bonchev–Trinajstić information content (AvgIpc) is 2.73. The second-order valence-corrected chi connectivity index (χ2v) is 4.44. The molecule has 2 aromatic heterocycles. The van der Waals surface area contributed by atoms with Crippen LogP contribution >= 0.6 is 15.9 Å². The number of hydrogen-bond acceptors (Lipinski definition) is 2. The Hall–Kier alpha value is -1.75. The number of aromatic nitrogens is 3. The zero-order valence-corrected chi connectivity index (χ0v) is 10.2. The molecule has 3 aromatic rings. The minimum Gasteiger partial charge on any atom is -0.345 e. The SMILES string of the molecule is Fc1ccc(-c2ncnc3[nH]cc(Br)c23)cc1. The maximum atomic E-state index is 12.9. The van der Waals surface area contributed by atoms with Gasteiger partial charge >= 0.3 is 0 Å². The van der Waals surface area contributed by atoms with Gasteiger partial charge in [-0.2, -0.15) is 0 Å². The first-order valence-corrected chi connectivity index (χ1v) is 5.78. The van der Waals surface area contributed by atoms with Crippen molar-refractivity contribution < 1.29 is 4.39 Å². The zero-order valence-electron chi connectivity index (χ0n) is 8.61. The number of aromatic amines is 1. The third-order valence-electron chi connectivity index (χ3n) is 2.54. The van der Waals surface area contributed by atoms with Crippen molar-refractivity contribution in [1.29, 1.82) is 0 Å². The fourth-order valence-electron chi connectivity index (χ4n) is 1.75. The van der Waals surface area contributed by atoms with Crippen LogP contribution in [0.2, 0.25) is 0 Å². The Morgan fingerprint density at radius 1 is 1.12 bits per heavy atom. The van der Waals surface area contributed by atoms with Crippen molar-refractivity contribution in [3.63, 3.8) is 0 Å². The number of nitrogens with one attached hydrogen (secondary N) is 1. The molecule has 1 aromatic carbocycles. The van der Waals surface area contributed by atoms with Crippen LogP contribution in [0, 0.1) is 5.82 Å². The van der Waals surface area contributed by atoms with Gasteiger partial charge < -0.3 is 4.98 Å². The molecular formula is C12H7BrFN3. The third-order valence-corrected chi connectivity index (χ3v) is 3.16. The predicted octanol–water partition coefficient (Wildman–Crippen LogP) is 3.53. The highest BCUT2D eigenvalue weighted by molar-refractivity contribution is 9.10. The maximum absolute atomic E-state index is 12.9. The molecule has 0 saturated heterocycles. The molecule has 0 saturated carbocycles. The smallest absolute Gasteiger partial charge is 0.142 e. The van der Waals surface area contributed by atoms with Crippen LogP contribution < -0.4 is 0 Å². The minimum absolute atomic E-state index is 0.257. The molecule has 0 unspecified atom stereocenters. The summed E-state index contributed by atoms with van der Waals surface area (Å²) < 4.78 is 13.8. The molecule has 0 spiro atoms. The predicted molar refractivity (Wildman–Crippen MR) is 67.0 cm³/mol. The summed E-state index contributed by atoms with van der Waals surface area (Å²) in [5.41, 5.74) is 2.40. The molecule has 0 aliphatic heterocycles. The lowest BCUT2D eigenvalue weighted by atomic mass is 10.1. The van der Waals surface area contributed by atoms with Crippen LogP contribution in [0.3, 0.4) is 0 Å². The van der Waals surface area contributed by atoms with E-state index in [9.17, 15) is 4.39 Å². The van der Waals surface area contributed by atoms with E-state index < -0.39 is 0 Å². The molecular weight excluding hydrogens is 285 g/mol. The van der Waals surface area contributed by atoms with E-state index in [4.69, 9.17) is 0 Å². The van der Waals surface area contributed by atoms with Gasteiger partial charge in [-0.05, 0) is 40.2 Å². The Labute approximate surface area is 105 Å². The molecule has 0 amide bonds. The van der Waals surface area contributed by atoms with Gasteiger partial charge in [-0.25, -0.2) is 14.4 Å². The summed E-state index contributed by atoms with van der Waals surface area (Å²) in [6, 6.07) is 6.25. The van der Waals surface area contributed by atoms with Crippen LogP contribution in [-0.4, -0.2) is 15.0 Å². The van der Waals surface area contributed by atoms with E-state index in [1.165, 1.54) is 18.5 Å². The van der Waals surface area contributed by atoms with Gasteiger partial charge in [0.05, 0.1) is 11.1 Å². The first kappa shape index (κ1) is 10.4. The van der Waals surface area contributed by atoms with E-state index in [1.54, 1.807) is 12.1 Å². The summed E-state index contributed by atoms with van der Waals surface area (Å²) in [4.78, 5) is 11.4. The van der Waals surface area contributed by atoms with Crippen molar-refractivity contribution in [2.45, 2.75) is 0 Å². The summed E-state index contributed by atoms with van der Waals surface area (Å²) in [5.74, 6) is -0.257. The van der Waals surface area contributed by atoms with Crippen LogP contribution in [0.1, 0.15) is 0 Å². The molecule has 3 nitrogen and oxygen atoms in total. The van der Waals surface area contributed by atoms with Gasteiger partial charge in [0.2, 0.25) is 0 Å². The molecule has 0 radical (unpaired) electrons. The molecule has 3 rings (SSSR count). The summed E-state index contributed by atoms with van der Waals surface area (Å²) in [6.45, 7) is 0. The van der Waals surface area contributed by atoms with Crippen molar-refractivity contribution in [1.82, 2.24) is 15.0 Å². The summed E-state index contributed by atoms with van der Waals surface area (Å²) in [6.07, 6.45) is 3.30. The standard InChI is InChI=1S/C12H7BrFN3/c13-9-5-15-12-10(9)11(16-6-17-12)7-1-3-8(14)4-2-7/h1-6H,(H,15,16,17). The highest BCUT2D eigenvalue weighted by atomic mass is 79.9. The summed E-state index contributed by atoms with van der Waals surface area (Å²) in [7, 11) is 0. The Bertz CT molecular complexity index is 676. The van der Waals surface area contributed by atoms with Gasteiger partial charge in [-0.3, -0.25) is 0 Å². The number of nitrogens with zero attached hydrogens (tertiary/aromatic N) is 2. The van der Waals surface area contributed by atoms with E-state index in [0.29, 0.717) is 0 Å². The van der Waals surface area contributed by atoms with Crippen molar-refractivity contribution in [2.75, 3.05) is 0 Å². The lowest BCUT2D eigenvalue weighted by molar-refractivity contribution is 0.628. The van der Waals surface area contributed by atoms with Crippen LogP contribution in [-0.2, 0) is 0 Å². The van der Waals surface area contributed by atoms with Crippen LogP contribution in [0.15, 0.2) is 41.3 Å². The molecule has 0 atom stereocenters. The van der Waals surface area contributed by atoms with Crippen molar-refractivity contribution in [3.8, 4) is 11.3 Å². The van der Waals surface area contributed by atoms with Gasteiger partial charge in [0, 0.05) is 16.2 Å². The number of H-pyrrole nitrogens is 1. The first-order valence-electron chi connectivity index (χ1n) is 4.99. The fourth-order valence-corrected chi connectivity index (χ4v) is 2.24. The summed E-state index contributed by atoms with van der Waals surface area (Å²) in [5, 5.41) is 0.902. The quantitative estimate of drug-likeness (QED) is 0.745. The van der Waals surface area contributed by atoms with E-state index in [1.807, 2.05) is 6.20 Å². The highest BCUT2D eigenvalue weighted by Crippen LogP contribution is 2.30. The van der Waals surface area contributed by atoms with E-state index in [0.717, 1.165) is 26.8 Å². The van der Waals surface area contributed by atoms with Gasteiger partial charge in [0.15, 0.2) is 0 Å². The molecule has 0 fully saturated rings. The fraction of sp³-hybridized carbons (Fsp3) is 0. The molecule has 17 heavy (non-hydrogen) atoms. The topological polar surface area (TPSA) is 41.6 Å². The summed E-state index contributed by atoms with van der Waals surface area (Å²) >= 11 is 3.44. The number of benzene rings is 1.